The van der Waals surface area contributed by atoms with E-state index in [4.69, 9.17) is 10.7 Å². The van der Waals surface area contributed by atoms with Gasteiger partial charge in [-0.15, -0.1) is 0 Å². The summed E-state index contributed by atoms with van der Waals surface area (Å²) in [5.74, 6) is 1.14. The molecule has 1 atom stereocenters. The minimum atomic E-state index is 0.232. The Kier molecular flexibility index (Phi) is 16.8. The lowest BCUT2D eigenvalue weighted by atomic mass is 9.92. The molecule has 0 saturated carbocycles. The molecule has 0 aromatic carbocycles. The second kappa shape index (κ2) is 21.0. The molecule has 3 aliphatic heterocycles. The van der Waals surface area contributed by atoms with Crippen LogP contribution in [0, 0.1) is 5.92 Å². The van der Waals surface area contributed by atoms with E-state index in [2.05, 4.69) is 44.7 Å². The van der Waals surface area contributed by atoms with Gasteiger partial charge in [0.05, 0.1) is 24.5 Å². The summed E-state index contributed by atoms with van der Waals surface area (Å²) in [6.45, 7) is 12.7. The van der Waals surface area contributed by atoms with E-state index in [9.17, 15) is 9.59 Å². The number of unbranched alkanes of at least 4 members (excludes halogenated alkanes) is 7. The number of hydrogen-bond donors (Lipinski definition) is 1. The molecule has 2 amide bonds. The van der Waals surface area contributed by atoms with E-state index >= 15 is 0 Å². The topological polar surface area (TPSA) is 89.2 Å². The molecule has 260 valence electrons. The van der Waals surface area contributed by atoms with Gasteiger partial charge < -0.3 is 15.5 Å². The molecule has 9 nitrogen and oxygen atoms in total. The Labute approximate surface area is 280 Å². The third-order valence-corrected chi connectivity index (χ3v) is 10.3. The maximum absolute atomic E-state index is 13.7. The van der Waals surface area contributed by atoms with Crippen molar-refractivity contribution >= 4 is 11.8 Å². The number of aromatic nitrogens is 1. The van der Waals surface area contributed by atoms with Gasteiger partial charge >= 0.3 is 0 Å². The first kappa shape index (κ1) is 36.8. The Bertz CT molecular complexity index is 1020. The molecule has 4 heterocycles. The number of fused-ring (bicyclic) bond motifs is 2. The van der Waals surface area contributed by atoms with E-state index in [1.54, 1.807) is 0 Å². The smallest absolute Gasteiger partial charge is 0.236 e. The molecule has 1 unspecified atom stereocenters. The van der Waals surface area contributed by atoms with Crippen molar-refractivity contribution in [1.82, 2.24) is 29.5 Å². The number of nitrogens with two attached hydrogens (primary N) is 1. The highest BCUT2D eigenvalue weighted by molar-refractivity contribution is 5.78. The van der Waals surface area contributed by atoms with E-state index in [1.807, 2.05) is 4.90 Å². The van der Waals surface area contributed by atoms with Crippen molar-refractivity contribution in [3.05, 3.63) is 29.6 Å². The number of amides is 2. The quantitative estimate of drug-likeness (QED) is 0.278. The van der Waals surface area contributed by atoms with Crippen molar-refractivity contribution < 1.29 is 9.59 Å². The molecule has 1 aromatic rings. The lowest BCUT2D eigenvalue weighted by Gasteiger charge is -2.35. The molecule has 0 spiro atoms. The van der Waals surface area contributed by atoms with Crippen LogP contribution < -0.4 is 5.73 Å². The average Bonchev–Trinajstić information content (AvgIpc) is 3.07. The molecule has 0 radical (unpaired) electrons. The Balaban J connectivity index is 1.31. The van der Waals surface area contributed by atoms with Crippen molar-refractivity contribution in [3.8, 4) is 0 Å². The van der Waals surface area contributed by atoms with Crippen LogP contribution in [0.2, 0.25) is 0 Å². The standard InChI is InChI=1S/C37H65N7O2/c1-2-3-4-5-6-7-8-10-15-33-16-14-22-44(28-33)37(46)32-42-27-25-40(23-19-38)24-26-41(29-34-17-13-18-35(30-42)39-34)31-36(45)43-20-11-9-12-21-43/h13,17-18,33H,2-12,14-16,19-32,38H2,1H3. The highest BCUT2D eigenvalue weighted by atomic mass is 16.2. The predicted molar refractivity (Wildman–Crippen MR) is 187 cm³/mol. The molecular weight excluding hydrogens is 574 g/mol. The van der Waals surface area contributed by atoms with E-state index in [1.165, 1.54) is 70.6 Å². The van der Waals surface area contributed by atoms with Gasteiger partial charge in [0, 0.05) is 78.5 Å². The zero-order chi connectivity index (χ0) is 32.4. The van der Waals surface area contributed by atoms with Gasteiger partial charge in [0.2, 0.25) is 11.8 Å². The lowest BCUT2D eigenvalue weighted by Crippen LogP contribution is -2.48. The summed E-state index contributed by atoms with van der Waals surface area (Å²) in [6, 6.07) is 6.23. The van der Waals surface area contributed by atoms with Gasteiger partial charge in [-0.1, -0.05) is 64.4 Å². The van der Waals surface area contributed by atoms with Crippen LogP contribution in [0.1, 0.15) is 108 Å². The van der Waals surface area contributed by atoms with Crippen LogP contribution in [-0.2, 0) is 22.7 Å². The van der Waals surface area contributed by atoms with Crippen LogP contribution in [0.3, 0.4) is 0 Å². The SMILES string of the molecule is CCCCCCCCCCC1CCCN(C(=O)CN2CCN(CCN)CCN(CC(=O)N3CCCCC3)Cc3cccc(n3)C2)C1. The van der Waals surface area contributed by atoms with Gasteiger partial charge in [0.15, 0.2) is 0 Å². The van der Waals surface area contributed by atoms with Gasteiger partial charge in [-0.25, -0.2) is 0 Å². The van der Waals surface area contributed by atoms with Crippen LogP contribution in [0.4, 0.5) is 0 Å². The summed E-state index contributed by atoms with van der Waals surface area (Å²) in [5.41, 5.74) is 8.01. The number of carbonyl (C=O) groups is 2. The lowest BCUT2D eigenvalue weighted by molar-refractivity contribution is -0.134. The summed E-state index contributed by atoms with van der Waals surface area (Å²) < 4.78 is 0. The molecule has 0 aliphatic carbocycles. The van der Waals surface area contributed by atoms with E-state index in [-0.39, 0.29) is 11.8 Å². The van der Waals surface area contributed by atoms with Crippen molar-refractivity contribution in [3.63, 3.8) is 0 Å². The minimum absolute atomic E-state index is 0.232. The first-order valence-electron chi connectivity index (χ1n) is 18.9. The molecule has 2 fully saturated rings. The first-order chi connectivity index (χ1) is 22.5. The maximum atomic E-state index is 13.7. The second-order valence-electron chi connectivity index (χ2n) is 14.2. The van der Waals surface area contributed by atoms with Crippen molar-refractivity contribution in [2.24, 2.45) is 11.7 Å². The number of rotatable bonds is 15. The van der Waals surface area contributed by atoms with Crippen LogP contribution in [0.15, 0.2) is 18.2 Å². The third kappa shape index (κ3) is 13.2. The molecule has 9 heteroatoms. The molecule has 1 aromatic heterocycles. The fourth-order valence-corrected chi connectivity index (χ4v) is 7.50. The largest absolute Gasteiger partial charge is 0.342 e. The van der Waals surface area contributed by atoms with E-state index < -0.39 is 0 Å². The van der Waals surface area contributed by atoms with Crippen LogP contribution in [0.5, 0.6) is 0 Å². The highest BCUT2D eigenvalue weighted by Gasteiger charge is 2.26. The fraction of sp³-hybridized carbons (Fsp3) is 0.811. The summed E-state index contributed by atoms with van der Waals surface area (Å²) in [6.07, 6.45) is 17.9. The molecule has 2 bridgehead atoms. The second-order valence-corrected chi connectivity index (χ2v) is 14.2. The highest BCUT2D eigenvalue weighted by Crippen LogP contribution is 2.23. The minimum Gasteiger partial charge on any atom is -0.342 e. The molecule has 4 rings (SSSR count). The average molecular weight is 640 g/mol. The van der Waals surface area contributed by atoms with Gasteiger partial charge in [-0.2, -0.15) is 0 Å². The Morgan fingerprint density at radius 3 is 1.91 bits per heavy atom. The zero-order valence-corrected chi connectivity index (χ0v) is 29.2. The van der Waals surface area contributed by atoms with Crippen LogP contribution in [0.25, 0.3) is 0 Å². The molecule has 2 N–H and O–H groups in total. The van der Waals surface area contributed by atoms with Gasteiger partial charge in [-0.05, 0) is 56.6 Å². The van der Waals surface area contributed by atoms with Crippen molar-refractivity contribution in [2.75, 3.05) is 78.5 Å². The number of piperidine rings is 2. The van der Waals surface area contributed by atoms with Gasteiger partial charge in [0.25, 0.3) is 0 Å². The summed E-state index contributed by atoms with van der Waals surface area (Å²) in [4.78, 5) is 43.0. The Morgan fingerprint density at radius 2 is 1.28 bits per heavy atom. The Morgan fingerprint density at radius 1 is 0.717 bits per heavy atom. The van der Waals surface area contributed by atoms with Crippen LogP contribution >= 0.6 is 0 Å². The predicted octanol–water partition coefficient (Wildman–Crippen LogP) is 4.74. The fourth-order valence-electron chi connectivity index (χ4n) is 7.50. The monoisotopic (exact) mass is 640 g/mol. The molecule has 3 aliphatic rings. The molecule has 46 heavy (non-hydrogen) atoms. The number of hydrogen-bond acceptors (Lipinski definition) is 7. The van der Waals surface area contributed by atoms with E-state index in [0.29, 0.717) is 38.6 Å². The van der Waals surface area contributed by atoms with Gasteiger partial charge in [-0.3, -0.25) is 29.3 Å². The van der Waals surface area contributed by atoms with Crippen molar-refractivity contribution in [1.29, 1.82) is 0 Å². The maximum Gasteiger partial charge on any atom is 0.236 e. The number of likely N-dealkylation sites (tertiary alicyclic amines) is 2. The summed E-state index contributed by atoms with van der Waals surface area (Å²) >= 11 is 0. The summed E-state index contributed by atoms with van der Waals surface area (Å²) in [7, 11) is 0. The third-order valence-electron chi connectivity index (χ3n) is 10.3. The molecule has 2 saturated heterocycles. The van der Waals surface area contributed by atoms with Gasteiger partial charge in [0.1, 0.15) is 0 Å². The molecular formula is C37H65N7O2. The van der Waals surface area contributed by atoms with Crippen LogP contribution in [-0.4, -0.2) is 120 Å². The van der Waals surface area contributed by atoms with Crippen molar-refractivity contribution in [2.45, 2.75) is 110 Å². The number of pyridine rings is 1. The first-order valence-corrected chi connectivity index (χ1v) is 18.9. The summed E-state index contributed by atoms with van der Waals surface area (Å²) in [5, 5.41) is 0. The Hall–Kier alpha value is -2.07. The zero-order valence-electron chi connectivity index (χ0n) is 29.2. The number of carbonyl (C=O) groups excluding carboxylic acids is 2. The van der Waals surface area contributed by atoms with E-state index in [0.717, 1.165) is 89.6 Å². The number of nitrogens with zero attached hydrogens (tertiary/aromatic N) is 6. The normalized spacial score (nSPS) is 21.1.